The lowest BCUT2D eigenvalue weighted by atomic mass is 9.94. The van der Waals surface area contributed by atoms with Crippen LogP contribution in [0.25, 0.3) is 73.0 Å². The van der Waals surface area contributed by atoms with Crippen LogP contribution in [-0.2, 0) is 0 Å². The highest BCUT2D eigenvalue weighted by molar-refractivity contribution is 6.10. The number of nitrogens with zero attached hydrogens (tertiary/aromatic N) is 1. The van der Waals surface area contributed by atoms with Crippen molar-refractivity contribution in [2.24, 2.45) is 0 Å². The van der Waals surface area contributed by atoms with E-state index in [4.69, 9.17) is 9.40 Å². The van der Waals surface area contributed by atoms with Crippen molar-refractivity contribution in [1.29, 1.82) is 0 Å². The highest BCUT2D eigenvalue weighted by Crippen LogP contribution is 2.36. The molecule has 0 amide bonds. The summed E-state index contributed by atoms with van der Waals surface area (Å²) in [6.45, 7) is 6.26. The van der Waals surface area contributed by atoms with Crippen LogP contribution in [0, 0.1) is 0 Å². The topological polar surface area (TPSA) is 26.0 Å². The van der Waals surface area contributed by atoms with Gasteiger partial charge in [-0.05, 0) is 80.7 Å². The first-order chi connectivity index (χ1) is 19.7. The number of aromatic nitrogens is 1. The van der Waals surface area contributed by atoms with Crippen molar-refractivity contribution in [1.82, 2.24) is 4.98 Å². The van der Waals surface area contributed by atoms with Gasteiger partial charge in [-0.1, -0.05) is 116 Å². The van der Waals surface area contributed by atoms with Gasteiger partial charge in [-0.15, -0.1) is 0 Å². The Balaban J connectivity index is 1.32. The largest absolute Gasteiger partial charge is 0.435 e. The molecule has 7 aromatic rings. The minimum Gasteiger partial charge on any atom is -0.435 e. The molecule has 190 valence electrons. The highest BCUT2D eigenvalue weighted by Gasteiger charge is 2.15. The number of allylic oxidation sites excluding steroid dienone is 1. The quantitative estimate of drug-likeness (QED) is 0.214. The molecule has 0 bridgehead atoms. The zero-order valence-corrected chi connectivity index (χ0v) is 22.3. The first-order valence-electron chi connectivity index (χ1n) is 13.5. The molecule has 0 aliphatic heterocycles. The Labute approximate surface area is 233 Å². The average Bonchev–Trinajstić information content (AvgIpc) is 3.46. The van der Waals surface area contributed by atoms with E-state index in [0.29, 0.717) is 5.89 Å². The molecule has 0 N–H and O–H groups in total. The van der Waals surface area contributed by atoms with E-state index >= 15 is 0 Å². The van der Waals surface area contributed by atoms with Crippen LogP contribution in [0.2, 0.25) is 0 Å². The minimum atomic E-state index is 0.628. The van der Waals surface area contributed by atoms with Crippen molar-refractivity contribution >= 4 is 50.4 Å². The molecule has 0 atom stereocenters. The van der Waals surface area contributed by atoms with Crippen molar-refractivity contribution in [3.05, 3.63) is 145 Å². The van der Waals surface area contributed by atoms with Gasteiger partial charge in [0.2, 0.25) is 5.89 Å². The molecule has 40 heavy (non-hydrogen) atoms. The smallest absolute Gasteiger partial charge is 0.227 e. The van der Waals surface area contributed by atoms with Gasteiger partial charge in [-0.3, -0.25) is 0 Å². The number of oxazole rings is 1. The van der Waals surface area contributed by atoms with Crippen LogP contribution < -0.4 is 0 Å². The third-order valence-electron chi connectivity index (χ3n) is 7.64. The molecule has 0 unspecified atom stereocenters. The van der Waals surface area contributed by atoms with E-state index < -0.39 is 0 Å². The third-order valence-corrected chi connectivity index (χ3v) is 7.64. The van der Waals surface area contributed by atoms with E-state index in [9.17, 15) is 0 Å². The Kier molecular flexibility index (Phi) is 5.87. The molecule has 7 rings (SSSR count). The molecule has 0 saturated heterocycles. The summed E-state index contributed by atoms with van der Waals surface area (Å²) in [4.78, 5) is 4.81. The molecule has 0 radical (unpaired) electrons. The van der Waals surface area contributed by atoms with Crippen LogP contribution >= 0.6 is 0 Å². The number of fused-ring (bicyclic) bond motifs is 4. The zero-order chi connectivity index (χ0) is 27.1. The maximum absolute atomic E-state index is 6.42. The van der Waals surface area contributed by atoms with Gasteiger partial charge in [0.15, 0.2) is 5.58 Å². The fourth-order valence-corrected chi connectivity index (χ4v) is 5.47. The van der Waals surface area contributed by atoms with Crippen molar-refractivity contribution in [2.45, 2.75) is 6.92 Å². The molecular weight excluding hydrogens is 486 g/mol. The summed E-state index contributed by atoms with van der Waals surface area (Å²) in [7, 11) is 0. The Morgan fingerprint density at radius 2 is 1.38 bits per heavy atom. The highest BCUT2D eigenvalue weighted by atomic mass is 16.3. The van der Waals surface area contributed by atoms with Gasteiger partial charge in [0.25, 0.3) is 0 Å². The second kappa shape index (κ2) is 9.83. The summed E-state index contributed by atoms with van der Waals surface area (Å²) in [5.74, 6) is 0.628. The van der Waals surface area contributed by atoms with Crippen LogP contribution in [0.5, 0.6) is 0 Å². The SMILES string of the molecule is C=Cc1ccc2ccc3nc(-c4ccccc4)oc3c2c1/C=C(\C)c1ccc(-c2ccc3ccccc3c2)cc1. The molecule has 1 heterocycles. The number of hydrogen-bond donors (Lipinski definition) is 0. The fourth-order valence-electron chi connectivity index (χ4n) is 5.47. The van der Waals surface area contributed by atoms with Gasteiger partial charge in [0, 0.05) is 10.9 Å². The Hall–Kier alpha value is -5.21. The van der Waals surface area contributed by atoms with E-state index in [2.05, 4.69) is 105 Å². The lowest BCUT2D eigenvalue weighted by Gasteiger charge is -2.10. The molecule has 0 aliphatic rings. The molecule has 0 saturated carbocycles. The summed E-state index contributed by atoms with van der Waals surface area (Å²) in [5.41, 5.74) is 9.52. The lowest BCUT2D eigenvalue weighted by molar-refractivity contribution is 0.623. The first-order valence-corrected chi connectivity index (χ1v) is 13.5. The summed E-state index contributed by atoms with van der Waals surface area (Å²) in [5, 5.41) is 4.67. The van der Waals surface area contributed by atoms with Gasteiger partial charge in [-0.25, -0.2) is 4.98 Å². The van der Waals surface area contributed by atoms with Gasteiger partial charge in [0.1, 0.15) is 5.52 Å². The van der Waals surface area contributed by atoms with Crippen molar-refractivity contribution < 1.29 is 4.42 Å². The van der Waals surface area contributed by atoms with Crippen LogP contribution in [-0.4, -0.2) is 4.98 Å². The second-order valence-corrected chi connectivity index (χ2v) is 10.1. The Morgan fingerprint density at radius 1 is 0.675 bits per heavy atom. The summed E-state index contributed by atoms with van der Waals surface area (Å²) in [6, 6.07) is 42.4. The summed E-state index contributed by atoms with van der Waals surface area (Å²) in [6.07, 6.45) is 4.16. The zero-order valence-electron chi connectivity index (χ0n) is 22.3. The van der Waals surface area contributed by atoms with Gasteiger partial charge in [-0.2, -0.15) is 0 Å². The molecule has 6 aromatic carbocycles. The van der Waals surface area contributed by atoms with Gasteiger partial charge in [0.05, 0.1) is 0 Å². The Morgan fingerprint density at radius 3 is 2.17 bits per heavy atom. The minimum absolute atomic E-state index is 0.628. The van der Waals surface area contributed by atoms with Crippen LogP contribution in [0.1, 0.15) is 23.6 Å². The van der Waals surface area contributed by atoms with Crippen LogP contribution in [0.3, 0.4) is 0 Å². The number of benzene rings is 6. The maximum atomic E-state index is 6.42. The van der Waals surface area contributed by atoms with Crippen molar-refractivity contribution in [3.63, 3.8) is 0 Å². The van der Waals surface area contributed by atoms with E-state index in [0.717, 1.165) is 38.6 Å². The Bertz CT molecular complexity index is 2060. The third kappa shape index (κ3) is 4.20. The van der Waals surface area contributed by atoms with Crippen molar-refractivity contribution in [3.8, 4) is 22.6 Å². The number of rotatable bonds is 5. The molecule has 0 fully saturated rings. The van der Waals surface area contributed by atoms with Crippen LogP contribution in [0.4, 0.5) is 0 Å². The fraction of sp³-hybridized carbons (Fsp3) is 0.0263. The molecule has 1 aromatic heterocycles. The molecular formula is C38H27NO. The van der Waals surface area contributed by atoms with E-state index in [1.807, 2.05) is 42.5 Å². The van der Waals surface area contributed by atoms with E-state index in [1.165, 1.54) is 33.0 Å². The summed E-state index contributed by atoms with van der Waals surface area (Å²) < 4.78 is 6.42. The van der Waals surface area contributed by atoms with E-state index in [-0.39, 0.29) is 0 Å². The second-order valence-electron chi connectivity index (χ2n) is 10.1. The van der Waals surface area contributed by atoms with Crippen LogP contribution in [0.15, 0.2) is 132 Å². The number of hydrogen-bond acceptors (Lipinski definition) is 2. The molecule has 2 heteroatoms. The van der Waals surface area contributed by atoms with Gasteiger partial charge < -0.3 is 4.42 Å². The molecule has 0 aliphatic carbocycles. The first kappa shape index (κ1) is 23.9. The molecule has 2 nitrogen and oxygen atoms in total. The maximum Gasteiger partial charge on any atom is 0.227 e. The predicted molar refractivity (Wildman–Crippen MR) is 170 cm³/mol. The lowest BCUT2D eigenvalue weighted by Crippen LogP contribution is -1.88. The predicted octanol–water partition coefficient (Wildman–Crippen LogP) is 10.7. The van der Waals surface area contributed by atoms with Crippen molar-refractivity contribution in [2.75, 3.05) is 0 Å². The normalized spacial score (nSPS) is 11.9. The molecule has 0 spiro atoms. The summed E-state index contributed by atoms with van der Waals surface area (Å²) >= 11 is 0. The monoisotopic (exact) mass is 513 g/mol. The average molecular weight is 514 g/mol. The standard InChI is InChI=1S/C38H27NO/c1-3-26-13-19-30-21-22-35-37(40-38(39-35)31-10-5-4-6-11-31)36(30)34(26)23-25(2)27-14-16-29(17-15-27)33-20-18-28-9-7-8-12-32(28)24-33/h3-24H,1H2,2H3/b25-23+. The van der Waals surface area contributed by atoms with Gasteiger partial charge >= 0.3 is 0 Å². The van der Waals surface area contributed by atoms with E-state index in [1.54, 1.807) is 0 Å².